The third-order valence-electron chi connectivity index (χ3n) is 1.56. The van der Waals surface area contributed by atoms with Crippen molar-refractivity contribution in [1.29, 1.82) is 0 Å². The summed E-state index contributed by atoms with van der Waals surface area (Å²) in [4.78, 5) is 21.9. The Balaban J connectivity index is 0.000000360. The molecule has 1 aromatic rings. The Morgan fingerprint density at radius 3 is 1.78 bits per heavy atom. The van der Waals surface area contributed by atoms with Gasteiger partial charge in [0.2, 0.25) is 0 Å². The van der Waals surface area contributed by atoms with Crippen LogP contribution in [-0.2, 0) is 14.1 Å². The van der Waals surface area contributed by atoms with Gasteiger partial charge in [0.15, 0.2) is 0 Å². The van der Waals surface area contributed by atoms with Gasteiger partial charge < -0.3 is 4.42 Å². The summed E-state index contributed by atoms with van der Waals surface area (Å²) in [7, 11) is 27.9. The van der Waals surface area contributed by atoms with Gasteiger partial charge in [-0.05, 0) is 0 Å². The van der Waals surface area contributed by atoms with Crippen molar-refractivity contribution in [3.8, 4) is 0 Å². The van der Waals surface area contributed by atoms with E-state index in [1.165, 1.54) is 11.6 Å². The van der Waals surface area contributed by atoms with Crippen molar-refractivity contribution in [1.82, 2.24) is 4.57 Å². The average molecular weight is 492 g/mol. The molecule has 0 aromatic carbocycles. The van der Waals surface area contributed by atoms with Crippen LogP contribution >= 0.6 is 53.0 Å². The quantitative estimate of drug-likeness (QED) is 0.413. The normalized spacial score (nSPS) is 15.2. The molecule has 1 rings (SSSR count). The van der Waals surface area contributed by atoms with Crippen molar-refractivity contribution in [3.05, 3.63) is 26.9 Å². The van der Waals surface area contributed by atoms with Crippen LogP contribution in [0.5, 0.6) is 0 Å². The average Bonchev–Trinajstić information content (AvgIpc) is 2.06. The van der Waals surface area contributed by atoms with Gasteiger partial charge in [-0.1, -0.05) is 0 Å². The van der Waals surface area contributed by atoms with E-state index >= 15 is 0 Å². The molecule has 0 atom stereocenters. The van der Waals surface area contributed by atoms with Gasteiger partial charge in [-0.15, -0.1) is 4.57 Å². The van der Waals surface area contributed by atoms with Crippen LogP contribution in [0.3, 0.4) is 0 Å². The van der Waals surface area contributed by atoms with E-state index in [-0.39, 0.29) is 5.69 Å². The van der Waals surface area contributed by atoms with Crippen LogP contribution in [0.2, 0.25) is 0 Å². The zero-order chi connectivity index (χ0) is 15.0. The minimum absolute atomic E-state index is 0.304. The summed E-state index contributed by atoms with van der Waals surface area (Å²) in [6.45, 7) is 1.56. The maximum absolute atomic E-state index is 11.1. The first-order valence-corrected chi connectivity index (χ1v) is 23.5. The summed E-state index contributed by atoms with van der Waals surface area (Å²) >= 11 is 0. The minimum atomic E-state index is -5.42. The Bertz CT molecular complexity index is 560. The van der Waals surface area contributed by atoms with Crippen LogP contribution < -0.4 is 16.0 Å². The molecule has 0 bridgehead atoms. The molecule has 0 unspecified atom stereocenters. The summed E-state index contributed by atoms with van der Waals surface area (Å²) in [5.74, 6) is -0.330. The molecule has 0 saturated heterocycles. The summed E-state index contributed by atoms with van der Waals surface area (Å²) < 4.78 is 6.86. The van der Waals surface area contributed by atoms with E-state index in [0.717, 1.165) is 4.57 Å². The number of aromatic nitrogens is 2. The van der Waals surface area contributed by atoms with Gasteiger partial charge in [-0.2, -0.15) is 14.2 Å². The van der Waals surface area contributed by atoms with E-state index in [4.69, 9.17) is 53.0 Å². The van der Waals surface area contributed by atoms with Gasteiger partial charge in [0.05, 0.1) is 14.1 Å². The molecular formula is C6H9Cl6N2O3Sb. The third kappa shape index (κ3) is 10.0. The molecule has 0 fully saturated rings. The molecule has 0 aliphatic carbocycles. The SMILES string of the molecule is Cc1oc(=O)n(C)c(=O)[n+]1C.[Cl][Sb-]([Cl])([Cl])([Cl])([Cl])[Cl]. The molecule has 0 N–H and O–H groups in total. The molecule has 5 nitrogen and oxygen atoms in total. The predicted octanol–water partition coefficient (Wildman–Crippen LogP) is 2.23. The van der Waals surface area contributed by atoms with Gasteiger partial charge >= 0.3 is 73.6 Å². The Morgan fingerprint density at radius 1 is 1.11 bits per heavy atom. The second-order valence-electron chi connectivity index (χ2n) is 3.25. The van der Waals surface area contributed by atoms with Crippen molar-refractivity contribution in [3.63, 3.8) is 0 Å². The van der Waals surface area contributed by atoms with Crippen LogP contribution in [0.15, 0.2) is 14.0 Å². The fourth-order valence-corrected chi connectivity index (χ4v) is 0.701. The van der Waals surface area contributed by atoms with Crippen molar-refractivity contribution in [2.45, 2.75) is 6.92 Å². The molecule has 0 spiro atoms. The molecule has 0 saturated carbocycles. The monoisotopic (exact) mass is 488 g/mol. The second kappa shape index (κ2) is 5.17. The van der Waals surface area contributed by atoms with Crippen LogP contribution in [0.1, 0.15) is 5.89 Å². The molecule has 108 valence electrons. The molecule has 0 radical (unpaired) electrons. The van der Waals surface area contributed by atoms with E-state index in [1.54, 1.807) is 14.0 Å². The fraction of sp³-hybridized carbons (Fsp3) is 0.500. The molecule has 12 heteroatoms. The first-order valence-electron chi connectivity index (χ1n) is 4.12. The summed E-state index contributed by atoms with van der Waals surface area (Å²) in [5.41, 5.74) is -0.376. The topological polar surface area (TPSA) is 56.1 Å². The van der Waals surface area contributed by atoms with Crippen molar-refractivity contribution < 1.29 is 8.98 Å². The zero-order valence-electron chi connectivity index (χ0n) is 9.33. The molecule has 0 amide bonds. The van der Waals surface area contributed by atoms with Crippen molar-refractivity contribution >= 4 is 62.1 Å². The number of hydrogen-bond acceptors (Lipinski definition) is 3. The van der Waals surface area contributed by atoms with E-state index in [1.807, 2.05) is 0 Å². The van der Waals surface area contributed by atoms with Crippen LogP contribution in [0.25, 0.3) is 0 Å². The molecule has 18 heavy (non-hydrogen) atoms. The van der Waals surface area contributed by atoms with Gasteiger partial charge in [0, 0.05) is 6.92 Å². The molecule has 0 aliphatic heterocycles. The maximum atomic E-state index is 11.1. The number of aryl methyl sites for hydroxylation is 1. The van der Waals surface area contributed by atoms with E-state index in [0.29, 0.717) is 5.89 Å². The predicted molar refractivity (Wildman–Crippen MR) is 77.0 cm³/mol. The standard InChI is InChI=1S/C6H9N2O3.6ClH.Sb/c1-4-7(2)5(9)8(3)6(10)11-4;;;;;;;/h1-3H3;6*1H;/q+1;;;;;;;+5/p-6. The Labute approximate surface area is 122 Å². The van der Waals surface area contributed by atoms with Crippen molar-refractivity contribution in [2.24, 2.45) is 14.1 Å². The third-order valence-corrected chi connectivity index (χ3v) is 1.56. The first-order chi connectivity index (χ1) is 7.49. The summed E-state index contributed by atoms with van der Waals surface area (Å²) in [6, 6.07) is 0. The number of rotatable bonds is 0. The van der Waals surface area contributed by atoms with Gasteiger partial charge in [0.25, 0.3) is 5.89 Å². The van der Waals surface area contributed by atoms with Crippen LogP contribution in [0, 0.1) is 6.92 Å². The molecular weight excluding hydrogens is 483 g/mol. The molecule has 0 aliphatic rings. The number of halogens is 6. The fourth-order valence-electron chi connectivity index (χ4n) is 0.701. The van der Waals surface area contributed by atoms with Gasteiger partial charge in [0.1, 0.15) is 0 Å². The van der Waals surface area contributed by atoms with Crippen molar-refractivity contribution in [2.75, 3.05) is 0 Å². The Morgan fingerprint density at radius 2 is 1.44 bits per heavy atom. The van der Waals surface area contributed by atoms with Gasteiger partial charge in [-0.25, -0.2) is 0 Å². The van der Waals surface area contributed by atoms with E-state index < -0.39 is 14.9 Å². The second-order valence-corrected chi connectivity index (χ2v) is 60.1. The molecule has 1 heterocycles. The number of hydrogen-bond donors (Lipinski definition) is 0. The number of nitrogens with zero attached hydrogens (tertiary/aromatic N) is 2. The van der Waals surface area contributed by atoms with Crippen LogP contribution in [-0.4, -0.2) is 13.7 Å². The van der Waals surface area contributed by atoms with Gasteiger partial charge in [-0.3, -0.25) is 0 Å². The summed E-state index contributed by atoms with van der Waals surface area (Å²) in [5, 5.41) is 0. The Hall–Kier alpha value is 1.17. The van der Waals surface area contributed by atoms with E-state index in [9.17, 15) is 9.59 Å². The Kier molecular flexibility index (Phi) is 5.51. The summed E-state index contributed by atoms with van der Waals surface area (Å²) in [6.07, 6.45) is 0. The zero-order valence-corrected chi connectivity index (χ0v) is 16.4. The molecule has 1 aromatic heterocycles. The van der Waals surface area contributed by atoms with E-state index in [2.05, 4.69) is 4.42 Å². The van der Waals surface area contributed by atoms with Crippen LogP contribution in [0.4, 0.5) is 0 Å². The first kappa shape index (κ1) is 19.2.